The van der Waals surface area contributed by atoms with Gasteiger partial charge >= 0.3 is 0 Å². The number of hydrogen-bond donors (Lipinski definition) is 0. The van der Waals surface area contributed by atoms with Crippen molar-refractivity contribution in [3.05, 3.63) is 119 Å². The molecule has 4 aromatic rings. The van der Waals surface area contributed by atoms with Crippen LogP contribution in [0.25, 0.3) is 0 Å². The Hall–Kier alpha value is -2.26. The van der Waals surface area contributed by atoms with Gasteiger partial charge in [-0.1, -0.05) is 164 Å². The van der Waals surface area contributed by atoms with Crippen molar-refractivity contribution in [3.63, 3.8) is 0 Å². The van der Waals surface area contributed by atoms with Crippen LogP contribution in [-0.2, 0) is 10.8 Å². The molecule has 0 aliphatic rings. The van der Waals surface area contributed by atoms with Crippen molar-refractivity contribution >= 4 is 37.1 Å². The highest BCUT2D eigenvalue weighted by Crippen LogP contribution is 2.48. The van der Waals surface area contributed by atoms with Crippen molar-refractivity contribution < 1.29 is 0 Å². The average molecular weight is 581 g/mol. The zero-order valence-electron chi connectivity index (χ0n) is 27.0. The van der Waals surface area contributed by atoms with Crippen LogP contribution >= 0.6 is 15.8 Å². The van der Waals surface area contributed by atoms with Crippen LogP contribution in [0.15, 0.2) is 97.1 Å². The molecule has 0 aliphatic carbocycles. The predicted octanol–water partition coefficient (Wildman–Crippen LogP) is 9.63. The van der Waals surface area contributed by atoms with Crippen molar-refractivity contribution in [2.24, 2.45) is 0 Å². The molecule has 0 saturated carbocycles. The molecule has 0 N–H and O–H groups in total. The zero-order chi connectivity index (χ0) is 29.9. The first-order valence-electron chi connectivity index (χ1n) is 15.2. The van der Waals surface area contributed by atoms with Crippen LogP contribution in [0.5, 0.6) is 0 Å². The van der Waals surface area contributed by atoms with E-state index in [-0.39, 0.29) is 10.8 Å². The van der Waals surface area contributed by atoms with E-state index in [4.69, 9.17) is 0 Å². The van der Waals surface area contributed by atoms with E-state index in [0.717, 1.165) is 0 Å². The largest absolute Gasteiger partial charge is 0.0587 e. The van der Waals surface area contributed by atoms with Gasteiger partial charge in [-0.2, -0.15) is 0 Å². The molecule has 4 aromatic carbocycles. The zero-order valence-corrected chi connectivity index (χ0v) is 28.8. The van der Waals surface area contributed by atoms with Crippen LogP contribution in [-0.4, -0.2) is 11.3 Å². The minimum absolute atomic E-state index is 0.160. The molecule has 216 valence electrons. The maximum Gasteiger partial charge on any atom is -0.0132 e. The van der Waals surface area contributed by atoms with E-state index in [9.17, 15) is 0 Å². The summed E-state index contributed by atoms with van der Waals surface area (Å²) in [6, 6.07) is 37.8. The van der Waals surface area contributed by atoms with E-state index in [1.54, 1.807) is 0 Å². The molecule has 0 nitrogen and oxygen atoms in total. The van der Waals surface area contributed by atoms with Crippen molar-refractivity contribution in [2.45, 2.75) is 97.8 Å². The molecule has 0 saturated heterocycles. The van der Waals surface area contributed by atoms with E-state index in [1.165, 1.54) is 49.9 Å². The molecule has 2 atom stereocenters. The number of benzene rings is 4. The van der Waals surface area contributed by atoms with Crippen LogP contribution < -0.4 is 21.2 Å². The summed E-state index contributed by atoms with van der Waals surface area (Å²) in [7, 11) is -0.966. The first-order valence-corrected chi connectivity index (χ1v) is 18.0. The third-order valence-corrected chi connectivity index (χ3v) is 13.8. The average Bonchev–Trinajstić information content (AvgIpc) is 2.91. The van der Waals surface area contributed by atoms with Gasteiger partial charge in [0, 0.05) is 0 Å². The fourth-order valence-electron chi connectivity index (χ4n) is 5.68. The molecule has 2 heteroatoms. The van der Waals surface area contributed by atoms with Gasteiger partial charge in [0.25, 0.3) is 0 Å². The van der Waals surface area contributed by atoms with E-state index in [0.29, 0.717) is 11.3 Å². The summed E-state index contributed by atoms with van der Waals surface area (Å²) in [4.78, 5) is 0. The lowest BCUT2D eigenvalue weighted by Crippen LogP contribution is -2.26. The van der Waals surface area contributed by atoms with Crippen LogP contribution in [0.4, 0.5) is 0 Å². The van der Waals surface area contributed by atoms with Gasteiger partial charge in [0.1, 0.15) is 0 Å². The SMILES string of the molecule is Cc1ccc(P(c2ccc(C)cc2)[C@H](C)C[C@@H](C)P(c2ccc(C(C)(C)C)cc2)c2ccc(C(C)(C)C)cc2)cc1. The molecule has 0 bridgehead atoms. The number of hydrogen-bond acceptors (Lipinski definition) is 0. The molecule has 0 amide bonds. The third-order valence-electron chi connectivity index (χ3n) is 8.21. The van der Waals surface area contributed by atoms with Gasteiger partial charge < -0.3 is 0 Å². The summed E-state index contributed by atoms with van der Waals surface area (Å²) in [5, 5.41) is 5.96. The van der Waals surface area contributed by atoms with Crippen molar-refractivity contribution in [1.82, 2.24) is 0 Å². The lowest BCUT2D eigenvalue weighted by molar-refractivity contribution is 0.590. The van der Waals surface area contributed by atoms with Crippen LogP contribution in [0.3, 0.4) is 0 Å². The second-order valence-corrected chi connectivity index (χ2v) is 19.2. The van der Waals surface area contributed by atoms with Gasteiger partial charge in [0.2, 0.25) is 0 Å². The Labute approximate surface area is 253 Å². The lowest BCUT2D eigenvalue weighted by Gasteiger charge is -2.33. The lowest BCUT2D eigenvalue weighted by atomic mass is 9.87. The summed E-state index contributed by atoms with van der Waals surface area (Å²) >= 11 is 0. The van der Waals surface area contributed by atoms with Crippen molar-refractivity contribution in [1.29, 1.82) is 0 Å². The van der Waals surface area contributed by atoms with Gasteiger partial charge in [-0.05, 0) is 90.6 Å². The fourth-order valence-corrected chi connectivity index (χ4v) is 11.4. The molecule has 0 spiro atoms. The second-order valence-electron chi connectivity index (χ2n) is 13.9. The van der Waals surface area contributed by atoms with Gasteiger partial charge in [-0.25, -0.2) is 0 Å². The standard InChI is InChI=1S/C39H50P2/c1-28-11-19-34(20-12-28)40(35-21-13-29(2)14-22-35)30(3)27-31(4)41(36-23-15-32(16-24-36)38(5,6)7)37-25-17-33(18-26-37)39(8,9)10/h11-26,30-31H,27H2,1-10H3/t30-,31-/m1/s1. The highest BCUT2D eigenvalue weighted by molar-refractivity contribution is 7.74. The van der Waals surface area contributed by atoms with E-state index in [2.05, 4.69) is 166 Å². The Morgan fingerprint density at radius 2 is 0.683 bits per heavy atom. The van der Waals surface area contributed by atoms with Gasteiger partial charge in [0.15, 0.2) is 0 Å². The Bertz CT molecular complexity index is 1280. The molecule has 0 aliphatic heterocycles. The predicted molar refractivity (Wildman–Crippen MR) is 189 cm³/mol. The Balaban J connectivity index is 1.71. The molecule has 0 unspecified atom stereocenters. The second kappa shape index (κ2) is 12.9. The minimum Gasteiger partial charge on any atom is -0.0587 e. The Morgan fingerprint density at radius 1 is 0.439 bits per heavy atom. The highest BCUT2D eigenvalue weighted by atomic mass is 31.1. The molecular weight excluding hydrogens is 530 g/mol. The summed E-state index contributed by atoms with van der Waals surface area (Å²) < 4.78 is 0. The normalized spacial score (nSPS) is 14.0. The van der Waals surface area contributed by atoms with Crippen molar-refractivity contribution in [3.8, 4) is 0 Å². The van der Waals surface area contributed by atoms with Gasteiger partial charge in [-0.3, -0.25) is 0 Å². The Kier molecular flexibility index (Phi) is 10.00. The highest BCUT2D eigenvalue weighted by Gasteiger charge is 2.28. The summed E-state index contributed by atoms with van der Waals surface area (Å²) in [6.45, 7) is 23.2. The smallest absolute Gasteiger partial charge is 0.0132 e. The molecule has 4 rings (SSSR count). The Morgan fingerprint density at radius 3 is 0.927 bits per heavy atom. The first kappa shape index (κ1) is 31.7. The molecule has 41 heavy (non-hydrogen) atoms. The van der Waals surface area contributed by atoms with Crippen LogP contribution in [0.1, 0.15) is 84.1 Å². The van der Waals surface area contributed by atoms with Crippen LogP contribution in [0.2, 0.25) is 0 Å². The van der Waals surface area contributed by atoms with Gasteiger partial charge in [0.05, 0.1) is 0 Å². The van der Waals surface area contributed by atoms with E-state index < -0.39 is 15.8 Å². The quantitative estimate of drug-likeness (QED) is 0.182. The van der Waals surface area contributed by atoms with E-state index >= 15 is 0 Å². The first-order chi connectivity index (χ1) is 19.2. The molecule has 0 radical (unpaired) electrons. The summed E-state index contributed by atoms with van der Waals surface area (Å²) in [6.07, 6.45) is 1.20. The third kappa shape index (κ3) is 7.98. The molecule has 0 aromatic heterocycles. The maximum atomic E-state index is 2.51. The molecule has 0 heterocycles. The topological polar surface area (TPSA) is 0 Å². The fraction of sp³-hybridized carbons (Fsp3) is 0.385. The summed E-state index contributed by atoms with van der Waals surface area (Å²) in [5.41, 5.74) is 6.91. The maximum absolute atomic E-state index is 2.51. The van der Waals surface area contributed by atoms with E-state index in [1.807, 2.05) is 0 Å². The minimum atomic E-state index is -0.504. The molecule has 0 fully saturated rings. The molecular formula is C39H50P2. The van der Waals surface area contributed by atoms with Crippen molar-refractivity contribution in [2.75, 3.05) is 0 Å². The number of aryl methyl sites for hydroxylation is 2. The summed E-state index contributed by atoms with van der Waals surface area (Å²) in [5.74, 6) is 0. The monoisotopic (exact) mass is 580 g/mol. The van der Waals surface area contributed by atoms with Crippen LogP contribution in [0, 0.1) is 13.8 Å². The van der Waals surface area contributed by atoms with Gasteiger partial charge in [-0.15, -0.1) is 0 Å². The number of rotatable bonds is 8.